The lowest BCUT2D eigenvalue weighted by atomic mass is 9.87. The van der Waals surface area contributed by atoms with E-state index in [1.807, 2.05) is 36.5 Å². The normalized spacial score (nSPS) is 14.8. The molecule has 0 bridgehead atoms. The Kier molecular flexibility index (Phi) is 5.24. The second-order valence-electron chi connectivity index (χ2n) is 7.23. The Morgan fingerprint density at radius 1 is 1.15 bits per heavy atom. The van der Waals surface area contributed by atoms with Gasteiger partial charge in [0.15, 0.2) is 0 Å². The van der Waals surface area contributed by atoms with E-state index in [9.17, 15) is 5.26 Å². The number of anilines is 2. The van der Waals surface area contributed by atoms with Crippen molar-refractivity contribution >= 4 is 22.4 Å². The molecule has 2 aromatic heterocycles. The molecule has 0 atom stereocenters. The highest BCUT2D eigenvalue weighted by atomic mass is 16.5. The lowest BCUT2D eigenvalue weighted by Gasteiger charge is -2.21. The van der Waals surface area contributed by atoms with E-state index in [0.717, 1.165) is 28.9 Å². The van der Waals surface area contributed by atoms with Crippen LogP contribution in [0, 0.1) is 17.2 Å². The maximum Gasteiger partial charge on any atom is 0.146 e. The number of pyridine rings is 1. The van der Waals surface area contributed by atoms with E-state index >= 15 is 0 Å². The standard InChI is InChI=1S/C22H24N4O/c23-15-19-12-20(27-11-9-16-4-2-1-3-5-16)14-22(26-19)25-18-7-6-17-8-10-24-21(17)13-18/h6-8,10,12-14,16,24H,1-5,9,11H2,(H,25,26). The van der Waals surface area contributed by atoms with Crippen LogP contribution in [-0.4, -0.2) is 16.6 Å². The summed E-state index contributed by atoms with van der Waals surface area (Å²) in [4.78, 5) is 7.55. The van der Waals surface area contributed by atoms with Crippen LogP contribution in [0.4, 0.5) is 11.5 Å². The maximum atomic E-state index is 9.29. The van der Waals surface area contributed by atoms with Crippen LogP contribution in [0.2, 0.25) is 0 Å². The van der Waals surface area contributed by atoms with Crippen molar-refractivity contribution in [2.24, 2.45) is 5.92 Å². The van der Waals surface area contributed by atoms with Gasteiger partial charge in [0, 0.05) is 29.5 Å². The summed E-state index contributed by atoms with van der Waals surface area (Å²) in [6.07, 6.45) is 9.69. The van der Waals surface area contributed by atoms with Crippen LogP contribution in [-0.2, 0) is 0 Å². The first-order chi connectivity index (χ1) is 13.3. The average molecular weight is 360 g/mol. The summed E-state index contributed by atoms with van der Waals surface area (Å²) < 4.78 is 5.95. The minimum Gasteiger partial charge on any atom is -0.493 e. The number of nitriles is 1. The van der Waals surface area contributed by atoms with Crippen molar-refractivity contribution in [1.82, 2.24) is 9.97 Å². The van der Waals surface area contributed by atoms with E-state index in [-0.39, 0.29) is 0 Å². The van der Waals surface area contributed by atoms with Gasteiger partial charge in [-0.1, -0.05) is 38.2 Å². The second kappa shape index (κ2) is 8.13. The monoisotopic (exact) mass is 360 g/mol. The number of nitrogens with zero attached hydrogens (tertiary/aromatic N) is 2. The van der Waals surface area contributed by atoms with Gasteiger partial charge >= 0.3 is 0 Å². The van der Waals surface area contributed by atoms with Crippen molar-refractivity contribution in [3.8, 4) is 11.8 Å². The lowest BCUT2D eigenvalue weighted by Crippen LogP contribution is -2.11. The topological polar surface area (TPSA) is 73.7 Å². The Morgan fingerprint density at radius 3 is 2.89 bits per heavy atom. The van der Waals surface area contributed by atoms with Crippen LogP contribution < -0.4 is 10.1 Å². The third kappa shape index (κ3) is 4.40. The quantitative estimate of drug-likeness (QED) is 0.606. The summed E-state index contributed by atoms with van der Waals surface area (Å²) in [6, 6.07) is 13.8. The molecule has 0 radical (unpaired) electrons. The molecule has 2 heterocycles. The lowest BCUT2D eigenvalue weighted by molar-refractivity contribution is 0.246. The molecule has 5 heteroatoms. The van der Waals surface area contributed by atoms with Crippen molar-refractivity contribution in [3.05, 3.63) is 48.3 Å². The molecule has 1 aromatic carbocycles. The Bertz CT molecular complexity index is 950. The number of ether oxygens (including phenoxy) is 1. The maximum absolute atomic E-state index is 9.29. The van der Waals surface area contributed by atoms with Crippen molar-refractivity contribution in [3.63, 3.8) is 0 Å². The second-order valence-corrected chi connectivity index (χ2v) is 7.23. The van der Waals surface area contributed by atoms with Gasteiger partial charge in [-0.25, -0.2) is 4.98 Å². The smallest absolute Gasteiger partial charge is 0.146 e. The van der Waals surface area contributed by atoms with Gasteiger partial charge in [-0.2, -0.15) is 5.26 Å². The van der Waals surface area contributed by atoms with Crippen LogP contribution in [0.5, 0.6) is 5.75 Å². The zero-order valence-corrected chi connectivity index (χ0v) is 15.4. The van der Waals surface area contributed by atoms with Crippen molar-refractivity contribution in [1.29, 1.82) is 5.26 Å². The third-order valence-electron chi connectivity index (χ3n) is 5.26. The highest BCUT2D eigenvalue weighted by molar-refractivity contribution is 5.83. The number of aromatic amines is 1. The van der Waals surface area contributed by atoms with E-state index in [1.165, 1.54) is 32.1 Å². The number of hydrogen-bond donors (Lipinski definition) is 2. The number of aromatic nitrogens is 2. The van der Waals surface area contributed by atoms with Gasteiger partial charge < -0.3 is 15.0 Å². The van der Waals surface area contributed by atoms with Gasteiger partial charge in [0.25, 0.3) is 0 Å². The predicted molar refractivity (Wildman–Crippen MR) is 107 cm³/mol. The van der Waals surface area contributed by atoms with Gasteiger partial charge in [0.2, 0.25) is 0 Å². The van der Waals surface area contributed by atoms with Crippen LogP contribution >= 0.6 is 0 Å². The van der Waals surface area contributed by atoms with E-state index in [2.05, 4.69) is 21.4 Å². The molecule has 3 aromatic rings. The molecule has 1 aliphatic rings. The largest absolute Gasteiger partial charge is 0.493 e. The van der Waals surface area contributed by atoms with Gasteiger partial charge in [-0.3, -0.25) is 0 Å². The molecule has 4 rings (SSSR count). The molecule has 0 aliphatic heterocycles. The molecule has 27 heavy (non-hydrogen) atoms. The Morgan fingerprint density at radius 2 is 2.04 bits per heavy atom. The van der Waals surface area contributed by atoms with Crippen LogP contribution in [0.15, 0.2) is 42.6 Å². The Hall–Kier alpha value is -3.00. The molecule has 1 fully saturated rings. The van der Waals surface area contributed by atoms with Crippen molar-refractivity contribution < 1.29 is 4.74 Å². The fourth-order valence-electron chi connectivity index (χ4n) is 3.80. The SMILES string of the molecule is N#Cc1cc(OCCC2CCCCC2)cc(Nc2ccc3cc[nH]c3c2)n1. The number of rotatable bonds is 6. The zero-order valence-electron chi connectivity index (χ0n) is 15.4. The highest BCUT2D eigenvalue weighted by Gasteiger charge is 2.13. The Labute approximate surface area is 159 Å². The number of hydrogen-bond acceptors (Lipinski definition) is 4. The highest BCUT2D eigenvalue weighted by Crippen LogP contribution is 2.27. The zero-order chi connectivity index (χ0) is 18.5. The summed E-state index contributed by atoms with van der Waals surface area (Å²) in [6.45, 7) is 0.688. The molecule has 0 amide bonds. The molecular weight excluding hydrogens is 336 g/mol. The minimum atomic E-state index is 0.355. The van der Waals surface area contributed by atoms with Crippen molar-refractivity contribution in [2.75, 3.05) is 11.9 Å². The first-order valence-corrected chi connectivity index (χ1v) is 9.69. The van der Waals surface area contributed by atoms with E-state index in [4.69, 9.17) is 4.74 Å². The predicted octanol–water partition coefficient (Wildman–Crippen LogP) is 5.53. The molecule has 0 spiro atoms. The number of H-pyrrole nitrogens is 1. The van der Waals surface area contributed by atoms with E-state index in [0.29, 0.717) is 23.9 Å². The van der Waals surface area contributed by atoms with E-state index in [1.54, 1.807) is 6.07 Å². The van der Waals surface area contributed by atoms with Crippen LogP contribution in [0.1, 0.15) is 44.2 Å². The average Bonchev–Trinajstić information content (AvgIpc) is 3.16. The van der Waals surface area contributed by atoms with Crippen LogP contribution in [0.3, 0.4) is 0 Å². The minimum absolute atomic E-state index is 0.355. The molecule has 2 N–H and O–H groups in total. The summed E-state index contributed by atoms with van der Waals surface area (Å²) >= 11 is 0. The summed E-state index contributed by atoms with van der Waals surface area (Å²) in [5, 5.41) is 13.7. The van der Waals surface area contributed by atoms with Gasteiger partial charge in [0.05, 0.1) is 6.61 Å². The first-order valence-electron chi connectivity index (χ1n) is 9.69. The molecule has 0 saturated heterocycles. The van der Waals surface area contributed by atoms with E-state index < -0.39 is 0 Å². The fourth-order valence-corrected chi connectivity index (χ4v) is 3.80. The molecule has 0 unspecified atom stereocenters. The molecule has 1 saturated carbocycles. The fraction of sp³-hybridized carbons (Fsp3) is 0.364. The first kappa shape index (κ1) is 17.4. The van der Waals surface area contributed by atoms with Crippen molar-refractivity contribution in [2.45, 2.75) is 38.5 Å². The molecule has 138 valence electrons. The molecular formula is C22H24N4O. The number of fused-ring (bicyclic) bond motifs is 1. The Balaban J connectivity index is 1.44. The molecule has 1 aliphatic carbocycles. The number of benzene rings is 1. The van der Waals surface area contributed by atoms with Crippen LogP contribution in [0.25, 0.3) is 10.9 Å². The summed E-state index contributed by atoms with van der Waals surface area (Å²) in [7, 11) is 0. The summed E-state index contributed by atoms with van der Waals surface area (Å²) in [5.41, 5.74) is 2.33. The van der Waals surface area contributed by atoms with Gasteiger partial charge in [-0.15, -0.1) is 0 Å². The number of nitrogens with one attached hydrogen (secondary N) is 2. The van der Waals surface area contributed by atoms with Gasteiger partial charge in [-0.05, 0) is 35.9 Å². The summed E-state index contributed by atoms with van der Waals surface area (Å²) in [5.74, 6) is 2.09. The third-order valence-corrected chi connectivity index (χ3v) is 5.26. The molecule has 5 nitrogen and oxygen atoms in total. The van der Waals surface area contributed by atoms with Gasteiger partial charge in [0.1, 0.15) is 23.3 Å².